The Balaban J connectivity index is 1.70. The van der Waals surface area contributed by atoms with Gasteiger partial charge in [-0.15, -0.1) is 11.3 Å². The molecule has 1 aliphatic heterocycles. The van der Waals surface area contributed by atoms with Gasteiger partial charge >= 0.3 is 0 Å². The van der Waals surface area contributed by atoms with Crippen molar-refractivity contribution in [2.45, 2.75) is 11.8 Å². The predicted octanol–water partition coefficient (Wildman–Crippen LogP) is 2.38. The van der Waals surface area contributed by atoms with E-state index in [1.807, 2.05) is 25.1 Å². The van der Waals surface area contributed by atoms with Gasteiger partial charge in [-0.05, 0) is 31.2 Å². The van der Waals surface area contributed by atoms with Gasteiger partial charge in [0.05, 0.1) is 14.8 Å². The van der Waals surface area contributed by atoms with Crippen molar-refractivity contribution in [3.8, 4) is 0 Å². The molecule has 5 nitrogen and oxygen atoms in total. The van der Waals surface area contributed by atoms with Crippen LogP contribution in [0.5, 0.6) is 0 Å². The van der Waals surface area contributed by atoms with Crippen LogP contribution in [0.3, 0.4) is 0 Å². The summed E-state index contributed by atoms with van der Waals surface area (Å²) in [6, 6.07) is 10.7. The zero-order valence-corrected chi connectivity index (χ0v) is 14.4. The molecule has 0 aliphatic carbocycles. The van der Waals surface area contributed by atoms with E-state index < -0.39 is 10.0 Å². The van der Waals surface area contributed by atoms with Crippen molar-refractivity contribution in [3.63, 3.8) is 0 Å². The van der Waals surface area contributed by atoms with Crippen LogP contribution in [0.2, 0.25) is 0 Å². The zero-order chi connectivity index (χ0) is 16.4. The van der Waals surface area contributed by atoms with Crippen LogP contribution in [-0.4, -0.2) is 45.2 Å². The molecule has 0 unspecified atom stereocenters. The van der Waals surface area contributed by atoms with E-state index >= 15 is 0 Å². The summed E-state index contributed by atoms with van der Waals surface area (Å²) in [6.45, 7) is 4.09. The van der Waals surface area contributed by atoms with Crippen molar-refractivity contribution in [1.29, 1.82) is 0 Å². The first kappa shape index (κ1) is 16.2. The summed E-state index contributed by atoms with van der Waals surface area (Å²) in [5.41, 5.74) is 1.04. The van der Waals surface area contributed by atoms with Crippen molar-refractivity contribution >= 4 is 32.6 Å². The Morgan fingerprint density at radius 3 is 2.22 bits per heavy atom. The maximum absolute atomic E-state index is 12.7. The third kappa shape index (κ3) is 3.31. The van der Waals surface area contributed by atoms with Gasteiger partial charge in [0.25, 0.3) is 0 Å². The van der Waals surface area contributed by atoms with Gasteiger partial charge in [-0.25, -0.2) is 8.42 Å². The Labute approximate surface area is 140 Å². The second-order valence-electron chi connectivity index (χ2n) is 5.50. The highest BCUT2D eigenvalue weighted by atomic mass is 32.2. The third-order valence-corrected chi connectivity index (χ3v) is 6.92. The summed E-state index contributed by atoms with van der Waals surface area (Å²) in [4.78, 5) is 13.9. The van der Waals surface area contributed by atoms with Gasteiger partial charge in [-0.1, -0.05) is 17.7 Å². The number of aldehydes is 1. The minimum absolute atomic E-state index is 0.343. The number of nitrogens with zero attached hydrogens (tertiary/aromatic N) is 2. The highest BCUT2D eigenvalue weighted by molar-refractivity contribution is 7.89. The van der Waals surface area contributed by atoms with E-state index in [1.54, 1.807) is 18.2 Å². The first-order valence-electron chi connectivity index (χ1n) is 7.37. The monoisotopic (exact) mass is 350 g/mol. The second-order valence-corrected chi connectivity index (χ2v) is 8.53. The normalized spacial score (nSPS) is 16.5. The number of rotatable bonds is 4. The predicted molar refractivity (Wildman–Crippen MR) is 91.9 cm³/mol. The number of benzene rings is 1. The summed E-state index contributed by atoms with van der Waals surface area (Å²) in [5, 5.41) is 1.01. The average molecular weight is 350 g/mol. The molecule has 1 saturated heterocycles. The molecular weight excluding hydrogens is 332 g/mol. The van der Waals surface area contributed by atoms with Crippen molar-refractivity contribution in [2.75, 3.05) is 31.1 Å². The van der Waals surface area contributed by atoms with E-state index in [4.69, 9.17) is 0 Å². The van der Waals surface area contributed by atoms with Crippen molar-refractivity contribution in [2.24, 2.45) is 0 Å². The standard InChI is InChI=1S/C16H18N2O3S2/c1-13-2-5-15(6-3-13)23(20,21)18-10-8-17(9-11-18)16-7-4-14(12-19)22-16/h2-7,12H,8-11H2,1H3. The van der Waals surface area contributed by atoms with E-state index in [1.165, 1.54) is 15.6 Å². The molecule has 0 radical (unpaired) electrons. The maximum Gasteiger partial charge on any atom is 0.243 e. The molecule has 0 amide bonds. The average Bonchev–Trinajstić information content (AvgIpc) is 3.04. The number of hydrogen-bond acceptors (Lipinski definition) is 5. The Morgan fingerprint density at radius 1 is 1.00 bits per heavy atom. The van der Waals surface area contributed by atoms with Crippen LogP contribution in [0.15, 0.2) is 41.3 Å². The minimum atomic E-state index is -3.43. The smallest absolute Gasteiger partial charge is 0.243 e. The van der Waals surface area contributed by atoms with Crippen molar-refractivity contribution in [1.82, 2.24) is 4.31 Å². The van der Waals surface area contributed by atoms with E-state index in [0.29, 0.717) is 36.0 Å². The van der Waals surface area contributed by atoms with Crippen LogP contribution in [-0.2, 0) is 10.0 Å². The largest absolute Gasteiger partial charge is 0.361 e. The highest BCUT2D eigenvalue weighted by Crippen LogP contribution is 2.27. The lowest BCUT2D eigenvalue weighted by Gasteiger charge is -2.34. The van der Waals surface area contributed by atoms with Gasteiger partial charge in [-0.2, -0.15) is 4.31 Å². The summed E-state index contributed by atoms with van der Waals surface area (Å²) < 4.78 is 26.8. The Hall–Kier alpha value is -1.70. The number of hydrogen-bond donors (Lipinski definition) is 0. The maximum atomic E-state index is 12.7. The molecule has 7 heteroatoms. The van der Waals surface area contributed by atoms with E-state index in [0.717, 1.165) is 16.9 Å². The van der Waals surface area contributed by atoms with Crippen molar-refractivity contribution in [3.05, 3.63) is 46.8 Å². The molecule has 1 aliphatic rings. The van der Waals surface area contributed by atoms with Crippen LogP contribution in [0.25, 0.3) is 0 Å². The minimum Gasteiger partial charge on any atom is -0.361 e. The molecule has 2 heterocycles. The lowest BCUT2D eigenvalue weighted by molar-refractivity contribution is 0.112. The number of piperazine rings is 1. The lowest BCUT2D eigenvalue weighted by Crippen LogP contribution is -2.48. The molecule has 23 heavy (non-hydrogen) atoms. The van der Waals surface area contributed by atoms with E-state index in [-0.39, 0.29) is 0 Å². The van der Waals surface area contributed by atoms with Gasteiger partial charge in [0.1, 0.15) is 0 Å². The molecule has 122 valence electrons. The molecule has 2 aromatic rings. The lowest BCUT2D eigenvalue weighted by atomic mass is 10.2. The Kier molecular flexibility index (Phi) is 4.52. The van der Waals surface area contributed by atoms with Crippen molar-refractivity contribution < 1.29 is 13.2 Å². The number of carbonyl (C=O) groups excluding carboxylic acids is 1. The molecule has 1 aromatic heterocycles. The van der Waals surface area contributed by atoms with Crippen LogP contribution in [0.1, 0.15) is 15.2 Å². The zero-order valence-electron chi connectivity index (χ0n) is 12.8. The first-order chi connectivity index (χ1) is 11.0. The molecule has 0 atom stereocenters. The number of anilines is 1. The third-order valence-electron chi connectivity index (χ3n) is 3.94. The van der Waals surface area contributed by atoms with Gasteiger partial charge in [0.2, 0.25) is 10.0 Å². The molecule has 0 spiro atoms. The number of thiophene rings is 1. The molecule has 0 saturated carbocycles. The number of carbonyl (C=O) groups is 1. The summed E-state index contributed by atoms with van der Waals surface area (Å²) in [5.74, 6) is 0. The summed E-state index contributed by atoms with van der Waals surface area (Å²) >= 11 is 1.44. The van der Waals surface area contributed by atoms with E-state index in [2.05, 4.69) is 4.90 Å². The van der Waals surface area contributed by atoms with Gasteiger partial charge in [-0.3, -0.25) is 4.79 Å². The fraction of sp³-hybridized carbons (Fsp3) is 0.312. The Bertz CT molecular complexity index is 789. The quantitative estimate of drug-likeness (QED) is 0.795. The molecule has 0 bridgehead atoms. The van der Waals surface area contributed by atoms with Crippen LogP contribution >= 0.6 is 11.3 Å². The molecule has 1 fully saturated rings. The molecular formula is C16H18N2O3S2. The van der Waals surface area contributed by atoms with Gasteiger partial charge in [0, 0.05) is 26.2 Å². The summed E-state index contributed by atoms with van der Waals surface area (Å²) in [6.07, 6.45) is 0.840. The SMILES string of the molecule is Cc1ccc(S(=O)(=O)N2CCN(c3ccc(C=O)s3)CC2)cc1. The number of aryl methyl sites for hydroxylation is 1. The fourth-order valence-corrected chi connectivity index (χ4v) is 4.88. The fourth-order valence-electron chi connectivity index (χ4n) is 2.58. The van der Waals surface area contributed by atoms with Crippen LogP contribution in [0, 0.1) is 6.92 Å². The highest BCUT2D eigenvalue weighted by Gasteiger charge is 2.28. The first-order valence-corrected chi connectivity index (χ1v) is 9.63. The summed E-state index contributed by atoms with van der Waals surface area (Å²) in [7, 11) is -3.43. The van der Waals surface area contributed by atoms with E-state index in [9.17, 15) is 13.2 Å². The van der Waals surface area contributed by atoms with Crippen LogP contribution < -0.4 is 4.90 Å². The van der Waals surface area contributed by atoms with Crippen LogP contribution in [0.4, 0.5) is 5.00 Å². The second kappa shape index (κ2) is 6.43. The molecule has 3 rings (SSSR count). The van der Waals surface area contributed by atoms with Gasteiger partial charge in [0.15, 0.2) is 6.29 Å². The molecule has 1 aromatic carbocycles. The van der Waals surface area contributed by atoms with Gasteiger partial charge < -0.3 is 4.90 Å². The Morgan fingerprint density at radius 2 is 1.65 bits per heavy atom. The topological polar surface area (TPSA) is 57.7 Å². The number of sulfonamides is 1. The molecule has 0 N–H and O–H groups in total.